The largest absolute Gasteiger partial charge is 0.481 e. The summed E-state index contributed by atoms with van der Waals surface area (Å²) < 4.78 is 0. The molecule has 0 radical (unpaired) electrons. The Kier molecular flexibility index (Phi) is 5.59. The topological polar surface area (TPSA) is 92.4 Å². The zero-order chi connectivity index (χ0) is 13.6. The Balaban J connectivity index is 2.34. The number of carbonyl (C=O) groups excluding carboxylic acids is 1. The summed E-state index contributed by atoms with van der Waals surface area (Å²) in [6.07, 6.45) is 4.39. The molecule has 1 aliphatic carbocycles. The summed E-state index contributed by atoms with van der Waals surface area (Å²) in [4.78, 5) is 22.9. The molecule has 5 heteroatoms. The fraction of sp³-hybridized carbons (Fsp3) is 0.846. The summed E-state index contributed by atoms with van der Waals surface area (Å²) in [6, 6.07) is 0. The lowest BCUT2D eigenvalue weighted by molar-refractivity contribution is -0.148. The Morgan fingerprint density at radius 1 is 1.39 bits per heavy atom. The van der Waals surface area contributed by atoms with Gasteiger partial charge in [0, 0.05) is 13.0 Å². The molecule has 0 heterocycles. The van der Waals surface area contributed by atoms with E-state index in [9.17, 15) is 14.7 Å². The minimum Gasteiger partial charge on any atom is -0.481 e. The Morgan fingerprint density at radius 2 is 2.00 bits per heavy atom. The lowest BCUT2D eigenvalue weighted by atomic mass is 9.86. The Morgan fingerprint density at radius 3 is 2.50 bits per heavy atom. The Labute approximate surface area is 108 Å². The lowest BCUT2D eigenvalue weighted by Gasteiger charge is -2.24. The number of nitrogens with two attached hydrogens (primary N) is 1. The maximum absolute atomic E-state index is 11.6. The predicted molar refractivity (Wildman–Crippen MR) is 69.0 cm³/mol. The molecular weight excluding hydrogens is 232 g/mol. The van der Waals surface area contributed by atoms with Crippen molar-refractivity contribution in [3.8, 4) is 0 Å². The van der Waals surface area contributed by atoms with Gasteiger partial charge in [-0.25, -0.2) is 0 Å². The van der Waals surface area contributed by atoms with Crippen molar-refractivity contribution in [3.63, 3.8) is 0 Å². The van der Waals surface area contributed by atoms with E-state index in [1.165, 1.54) is 0 Å². The molecule has 5 nitrogen and oxygen atoms in total. The highest BCUT2D eigenvalue weighted by atomic mass is 16.4. The van der Waals surface area contributed by atoms with Gasteiger partial charge in [-0.1, -0.05) is 19.8 Å². The minimum absolute atomic E-state index is 0.0668. The molecule has 0 aromatic rings. The third-order valence-corrected chi connectivity index (χ3v) is 3.90. The summed E-state index contributed by atoms with van der Waals surface area (Å²) >= 11 is 0. The number of amides is 1. The first kappa shape index (κ1) is 15.0. The van der Waals surface area contributed by atoms with Crippen molar-refractivity contribution in [1.82, 2.24) is 5.32 Å². The monoisotopic (exact) mass is 256 g/mol. The van der Waals surface area contributed by atoms with Gasteiger partial charge in [-0.3, -0.25) is 9.59 Å². The molecule has 1 fully saturated rings. The SMILES string of the molecule is CC(CN)CCC(=O)NCC1(C(=O)O)CCCC1. The van der Waals surface area contributed by atoms with E-state index in [0.29, 0.717) is 31.7 Å². The quantitative estimate of drug-likeness (QED) is 0.636. The van der Waals surface area contributed by atoms with E-state index in [0.717, 1.165) is 19.3 Å². The molecule has 1 saturated carbocycles. The zero-order valence-corrected chi connectivity index (χ0v) is 11.1. The van der Waals surface area contributed by atoms with Crippen molar-refractivity contribution in [1.29, 1.82) is 0 Å². The predicted octanol–water partition coefficient (Wildman–Crippen LogP) is 1.12. The average Bonchev–Trinajstić information content (AvgIpc) is 2.83. The first-order valence-electron chi connectivity index (χ1n) is 6.70. The Bertz CT molecular complexity index is 299. The van der Waals surface area contributed by atoms with E-state index >= 15 is 0 Å². The molecule has 104 valence electrons. The normalized spacial score (nSPS) is 19.4. The first-order valence-corrected chi connectivity index (χ1v) is 6.70. The van der Waals surface area contributed by atoms with Crippen LogP contribution in [0.5, 0.6) is 0 Å². The molecule has 1 amide bonds. The van der Waals surface area contributed by atoms with Crippen molar-refractivity contribution in [2.24, 2.45) is 17.1 Å². The van der Waals surface area contributed by atoms with Crippen LogP contribution in [-0.2, 0) is 9.59 Å². The van der Waals surface area contributed by atoms with Crippen LogP contribution in [0.2, 0.25) is 0 Å². The van der Waals surface area contributed by atoms with Gasteiger partial charge in [-0.15, -0.1) is 0 Å². The van der Waals surface area contributed by atoms with Gasteiger partial charge in [0.2, 0.25) is 5.91 Å². The molecule has 0 aromatic carbocycles. The third kappa shape index (κ3) is 3.98. The number of carboxylic acid groups (broad SMARTS) is 1. The molecule has 0 aliphatic heterocycles. The van der Waals surface area contributed by atoms with E-state index in [1.54, 1.807) is 0 Å². The maximum Gasteiger partial charge on any atom is 0.311 e. The van der Waals surface area contributed by atoms with Crippen LogP contribution in [0.3, 0.4) is 0 Å². The number of hydrogen-bond donors (Lipinski definition) is 3. The minimum atomic E-state index is -0.782. The van der Waals surface area contributed by atoms with Crippen LogP contribution in [0.1, 0.15) is 45.4 Å². The highest BCUT2D eigenvalue weighted by Crippen LogP contribution is 2.37. The van der Waals surface area contributed by atoms with Gasteiger partial charge in [0.25, 0.3) is 0 Å². The van der Waals surface area contributed by atoms with Crippen molar-refractivity contribution < 1.29 is 14.7 Å². The molecule has 1 unspecified atom stereocenters. The molecule has 0 aromatic heterocycles. The number of carbonyl (C=O) groups is 2. The molecule has 0 bridgehead atoms. The van der Waals surface area contributed by atoms with Gasteiger partial charge < -0.3 is 16.2 Å². The molecule has 4 N–H and O–H groups in total. The molecule has 1 atom stereocenters. The Hall–Kier alpha value is -1.10. The second-order valence-corrected chi connectivity index (χ2v) is 5.45. The number of aliphatic carboxylic acids is 1. The summed E-state index contributed by atoms with van der Waals surface area (Å²) in [5.41, 5.74) is 4.76. The molecule has 1 rings (SSSR count). The van der Waals surface area contributed by atoms with Gasteiger partial charge in [0.1, 0.15) is 0 Å². The van der Waals surface area contributed by atoms with Crippen LogP contribution in [0.4, 0.5) is 0 Å². The molecule has 0 spiro atoms. The highest BCUT2D eigenvalue weighted by molar-refractivity contribution is 5.79. The fourth-order valence-corrected chi connectivity index (χ4v) is 2.37. The van der Waals surface area contributed by atoms with Gasteiger partial charge in [-0.2, -0.15) is 0 Å². The van der Waals surface area contributed by atoms with Crippen LogP contribution in [0, 0.1) is 11.3 Å². The van der Waals surface area contributed by atoms with E-state index < -0.39 is 11.4 Å². The van der Waals surface area contributed by atoms with Gasteiger partial charge in [0.15, 0.2) is 0 Å². The van der Waals surface area contributed by atoms with Crippen molar-refractivity contribution in [3.05, 3.63) is 0 Å². The number of carboxylic acids is 1. The van der Waals surface area contributed by atoms with E-state index in [2.05, 4.69) is 5.32 Å². The number of rotatable bonds is 7. The second-order valence-electron chi connectivity index (χ2n) is 5.45. The molecule has 0 saturated heterocycles. The molecule has 1 aliphatic rings. The van der Waals surface area contributed by atoms with Crippen molar-refractivity contribution >= 4 is 11.9 Å². The van der Waals surface area contributed by atoms with E-state index in [4.69, 9.17) is 5.73 Å². The van der Waals surface area contributed by atoms with Crippen LogP contribution in [0.15, 0.2) is 0 Å². The van der Waals surface area contributed by atoms with Gasteiger partial charge >= 0.3 is 5.97 Å². The third-order valence-electron chi connectivity index (χ3n) is 3.90. The van der Waals surface area contributed by atoms with Crippen LogP contribution in [-0.4, -0.2) is 30.1 Å². The first-order chi connectivity index (χ1) is 8.50. The summed E-state index contributed by atoms with van der Waals surface area (Å²) in [5, 5.41) is 12.0. The number of nitrogens with one attached hydrogen (secondary N) is 1. The maximum atomic E-state index is 11.6. The van der Waals surface area contributed by atoms with Crippen molar-refractivity contribution in [2.45, 2.75) is 45.4 Å². The summed E-state index contributed by atoms with van der Waals surface area (Å²) in [5.74, 6) is -0.519. The molecule has 18 heavy (non-hydrogen) atoms. The van der Waals surface area contributed by atoms with Crippen LogP contribution in [0.25, 0.3) is 0 Å². The summed E-state index contributed by atoms with van der Waals surface area (Å²) in [6.45, 7) is 2.84. The van der Waals surface area contributed by atoms with Crippen molar-refractivity contribution in [2.75, 3.05) is 13.1 Å². The smallest absolute Gasteiger partial charge is 0.311 e. The van der Waals surface area contributed by atoms with Crippen LogP contribution < -0.4 is 11.1 Å². The van der Waals surface area contributed by atoms with E-state index in [1.807, 2.05) is 6.92 Å². The fourth-order valence-electron chi connectivity index (χ4n) is 2.37. The van der Waals surface area contributed by atoms with Gasteiger partial charge in [-0.05, 0) is 31.7 Å². The second kappa shape index (κ2) is 6.73. The van der Waals surface area contributed by atoms with E-state index in [-0.39, 0.29) is 12.5 Å². The highest BCUT2D eigenvalue weighted by Gasteiger charge is 2.41. The summed E-state index contributed by atoms with van der Waals surface area (Å²) in [7, 11) is 0. The molecular formula is C13H24N2O3. The van der Waals surface area contributed by atoms with Gasteiger partial charge in [0.05, 0.1) is 5.41 Å². The average molecular weight is 256 g/mol. The zero-order valence-electron chi connectivity index (χ0n) is 11.1. The standard InChI is InChI=1S/C13H24N2O3/c1-10(8-14)4-5-11(16)15-9-13(12(17)18)6-2-3-7-13/h10H,2-9,14H2,1H3,(H,15,16)(H,17,18). The number of hydrogen-bond acceptors (Lipinski definition) is 3. The van der Waals surface area contributed by atoms with Crippen LogP contribution >= 0.6 is 0 Å². The lowest BCUT2D eigenvalue weighted by Crippen LogP contribution is -2.41.